The second-order valence-corrected chi connectivity index (χ2v) is 5.00. The fourth-order valence-electron chi connectivity index (χ4n) is 1.95. The number of rotatable bonds is 2. The zero-order chi connectivity index (χ0) is 15.5. The first kappa shape index (κ1) is 14.1. The topological polar surface area (TPSA) is 75.5 Å². The zero-order valence-corrected chi connectivity index (χ0v) is 12.0. The second kappa shape index (κ2) is 5.87. The van der Waals surface area contributed by atoms with Crippen LogP contribution in [0, 0.1) is 0 Å². The van der Waals surface area contributed by atoms with Crippen molar-refractivity contribution in [2.24, 2.45) is 0 Å². The normalized spacial score (nSPS) is 10.4. The molecule has 0 aliphatic rings. The minimum Gasteiger partial charge on any atom is -0.306 e. The molecule has 0 radical (unpaired) electrons. The first-order valence-electron chi connectivity index (χ1n) is 6.41. The average molecular weight is 315 g/mol. The number of imidazole rings is 1. The van der Waals surface area contributed by atoms with Crippen molar-refractivity contribution in [1.29, 1.82) is 0 Å². The number of carbonyl (C=O) groups excluding carboxylic acids is 2. The zero-order valence-electron chi connectivity index (χ0n) is 11.3. The predicted molar refractivity (Wildman–Crippen MR) is 81.6 cm³/mol. The largest absolute Gasteiger partial charge is 0.306 e. The third-order valence-electron chi connectivity index (χ3n) is 3.05. The van der Waals surface area contributed by atoms with E-state index in [0.29, 0.717) is 16.1 Å². The number of nitrogens with one attached hydrogen (secondary N) is 2. The standard InChI is InChI=1S/C15H11ClN4O2/c16-12-3-1-2-10(6-12)14(21)18-19-15(22)11-4-5-20-9-17-8-13(20)7-11/h1-9H,(H,18,21)(H,19,22). The first-order valence-corrected chi connectivity index (χ1v) is 6.79. The lowest BCUT2D eigenvalue weighted by atomic mass is 10.2. The maximum atomic E-state index is 12.0. The number of hydrazine groups is 1. The monoisotopic (exact) mass is 314 g/mol. The van der Waals surface area contributed by atoms with Crippen molar-refractivity contribution in [3.8, 4) is 0 Å². The van der Waals surface area contributed by atoms with Gasteiger partial charge in [0, 0.05) is 22.3 Å². The Kier molecular flexibility index (Phi) is 3.76. The second-order valence-electron chi connectivity index (χ2n) is 4.56. The quantitative estimate of drug-likeness (QED) is 0.711. The number of benzene rings is 1. The van der Waals surface area contributed by atoms with Gasteiger partial charge in [-0.15, -0.1) is 0 Å². The van der Waals surface area contributed by atoms with Crippen molar-refractivity contribution < 1.29 is 9.59 Å². The Labute approximate surface area is 130 Å². The highest BCUT2D eigenvalue weighted by Crippen LogP contribution is 2.10. The smallest absolute Gasteiger partial charge is 0.269 e. The predicted octanol–water partition coefficient (Wildman–Crippen LogP) is 2.06. The summed E-state index contributed by atoms with van der Waals surface area (Å²) in [5.41, 5.74) is 6.27. The molecule has 0 bridgehead atoms. The maximum Gasteiger partial charge on any atom is 0.269 e. The lowest BCUT2D eigenvalue weighted by molar-refractivity contribution is 0.0846. The third-order valence-corrected chi connectivity index (χ3v) is 3.29. The molecular formula is C15H11ClN4O2. The van der Waals surface area contributed by atoms with Gasteiger partial charge >= 0.3 is 0 Å². The minimum absolute atomic E-state index is 0.360. The third kappa shape index (κ3) is 2.91. The number of hydrogen-bond acceptors (Lipinski definition) is 3. The molecule has 3 rings (SSSR count). The number of carbonyl (C=O) groups is 2. The van der Waals surface area contributed by atoms with Crippen LogP contribution in [0.25, 0.3) is 5.52 Å². The summed E-state index contributed by atoms with van der Waals surface area (Å²) in [4.78, 5) is 27.9. The number of pyridine rings is 1. The molecule has 1 aromatic carbocycles. The molecule has 2 amide bonds. The van der Waals surface area contributed by atoms with Crippen LogP contribution in [0.3, 0.4) is 0 Å². The van der Waals surface area contributed by atoms with Crippen molar-refractivity contribution in [3.05, 3.63) is 71.3 Å². The van der Waals surface area contributed by atoms with Gasteiger partial charge in [-0.25, -0.2) is 4.98 Å². The summed E-state index contributed by atoms with van der Waals surface area (Å²) in [6, 6.07) is 9.75. The molecule has 0 saturated carbocycles. The van der Waals surface area contributed by atoms with E-state index in [2.05, 4.69) is 15.8 Å². The van der Waals surface area contributed by atoms with Gasteiger partial charge in [-0.3, -0.25) is 20.4 Å². The van der Waals surface area contributed by atoms with E-state index in [1.165, 1.54) is 6.07 Å². The number of halogens is 1. The molecule has 6 nitrogen and oxygen atoms in total. The molecule has 0 spiro atoms. The van der Waals surface area contributed by atoms with Gasteiger partial charge < -0.3 is 4.40 Å². The van der Waals surface area contributed by atoms with Crippen molar-refractivity contribution in [1.82, 2.24) is 20.2 Å². The van der Waals surface area contributed by atoms with Crippen LogP contribution in [0.1, 0.15) is 20.7 Å². The van der Waals surface area contributed by atoms with Crippen LogP contribution < -0.4 is 10.9 Å². The number of amides is 2. The van der Waals surface area contributed by atoms with Crippen LogP contribution in [0.4, 0.5) is 0 Å². The van der Waals surface area contributed by atoms with E-state index in [0.717, 1.165) is 5.52 Å². The number of aromatic nitrogens is 2. The van der Waals surface area contributed by atoms with Crippen molar-refractivity contribution >= 4 is 28.9 Å². The summed E-state index contributed by atoms with van der Waals surface area (Å²) in [7, 11) is 0. The lowest BCUT2D eigenvalue weighted by Crippen LogP contribution is -2.41. The van der Waals surface area contributed by atoms with E-state index in [1.54, 1.807) is 53.5 Å². The Morgan fingerprint density at radius 3 is 2.50 bits per heavy atom. The summed E-state index contributed by atoms with van der Waals surface area (Å²) in [5, 5.41) is 0.449. The van der Waals surface area contributed by atoms with Crippen molar-refractivity contribution in [2.45, 2.75) is 0 Å². The Balaban J connectivity index is 1.67. The highest BCUT2D eigenvalue weighted by Gasteiger charge is 2.10. The maximum absolute atomic E-state index is 12.0. The SMILES string of the molecule is O=C(NNC(=O)c1ccn2cncc2c1)c1cccc(Cl)c1. The van der Waals surface area contributed by atoms with Gasteiger partial charge in [0.25, 0.3) is 11.8 Å². The van der Waals surface area contributed by atoms with Crippen LogP contribution >= 0.6 is 11.6 Å². The molecule has 7 heteroatoms. The van der Waals surface area contributed by atoms with E-state index >= 15 is 0 Å². The van der Waals surface area contributed by atoms with E-state index in [-0.39, 0.29) is 0 Å². The summed E-state index contributed by atoms with van der Waals surface area (Å²) in [6.45, 7) is 0. The molecule has 110 valence electrons. The van der Waals surface area contributed by atoms with Crippen molar-refractivity contribution in [3.63, 3.8) is 0 Å². The molecule has 2 aromatic heterocycles. The Hall–Kier alpha value is -2.86. The van der Waals surface area contributed by atoms with Crippen molar-refractivity contribution in [2.75, 3.05) is 0 Å². The van der Waals surface area contributed by atoms with Crippen LogP contribution in [0.15, 0.2) is 55.1 Å². The van der Waals surface area contributed by atoms with Crippen LogP contribution in [-0.2, 0) is 0 Å². The molecule has 0 atom stereocenters. The first-order chi connectivity index (χ1) is 10.6. The molecule has 0 saturated heterocycles. The Morgan fingerprint density at radius 1 is 1.05 bits per heavy atom. The molecule has 22 heavy (non-hydrogen) atoms. The molecule has 0 aliphatic heterocycles. The molecule has 2 heterocycles. The summed E-state index contributed by atoms with van der Waals surface area (Å²) in [6.07, 6.45) is 5.00. The van der Waals surface area contributed by atoms with Crippen LogP contribution in [0.2, 0.25) is 5.02 Å². The van der Waals surface area contributed by atoms with Crippen LogP contribution in [-0.4, -0.2) is 21.2 Å². The summed E-state index contributed by atoms with van der Waals surface area (Å²) in [5.74, 6) is -0.861. The van der Waals surface area contributed by atoms with Gasteiger partial charge in [-0.2, -0.15) is 0 Å². The Morgan fingerprint density at radius 2 is 1.77 bits per heavy atom. The minimum atomic E-state index is -0.443. The molecule has 3 aromatic rings. The fraction of sp³-hybridized carbons (Fsp3) is 0. The number of nitrogens with zero attached hydrogens (tertiary/aromatic N) is 2. The average Bonchev–Trinajstić information content (AvgIpc) is 2.99. The molecule has 0 fully saturated rings. The number of hydrogen-bond donors (Lipinski definition) is 2. The molecule has 2 N–H and O–H groups in total. The molecule has 0 aliphatic carbocycles. The van der Waals surface area contributed by atoms with E-state index < -0.39 is 11.8 Å². The van der Waals surface area contributed by atoms with Gasteiger partial charge in [-0.1, -0.05) is 17.7 Å². The van der Waals surface area contributed by atoms with Gasteiger partial charge in [0.15, 0.2) is 0 Å². The Bertz CT molecular complexity index is 859. The van der Waals surface area contributed by atoms with E-state index in [1.807, 2.05) is 0 Å². The van der Waals surface area contributed by atoms with Gasteiger partial charge in [0.05, 0.1) is 18.0 Å². The highest BCUT2D eigenvalue weighted by atomic mass is 35.5. The fourth-order valence-corrected chi connectivity index (χ4v) is 2.14. The lowest BCUT2D eigenvalue weighted by Gasteiger charge is -2.08. The van der Waals surface area contributed by atoms with Gasteiger partial charge in [0.2, 0.25) is 0 Å². The highest BCUT2D eigenvalue weighted by molar-refractivity contribution is 6.30. The van der Waals surface area contributed by atoms with Gasteiger partial charge in [0.1, 0.15) is 0 Å². The number of fused-ring (bicyclic) bond motifs is 1. The molecule has 0 unspecified atom stereocenters. The van der Waals surface area contributed by atoms with Crippen LogP contribution in [0.5, 0.6) is 0 Å². The summed E-state index contributed by atoms with van der Waals surface area (Å²) < 4.78 is 1.78. The van der Waals surface area contributed by atoms with E-state index in [9.17, 15) is 9.59 Å². The van der Waals surface area contributed by atoms with Gasteiger partial charge in [-0.05, 0) is 30.3 Å². The van der Waals surface area contributed by atoms with E-state index in [4.69, 9.17) is 11.6 Å². The molecular weight excluding hydrogens is 304 g/mol. The summed E-state index contributed by atoms with van der Waals surface area (Å²) >= 11 is 5.82.